The summed E-state index contributed by atoms with van der Waals surface area (Å²) in [6.45, 7) is 6.24. The maximum absolute atomic E-state index is 5.34. The van der Waals surface area contributed by atoms with Gasteiger partial charge in [-0.2, -0.15) is 0 Å². The Bertz CT molecular complexity index is 219. The maximum atomic E-state index is 5.34. The molecule has 1 heterocycles. The average Bonchev–Trinajstić information content (AvgIpc) is 3.18. The number of hydrogen-bond donors (Lipinski definition) is 0. The molecular weight excluding hydrogens is 236 g/mol. The van der Waals surface area contributed by atoms with Crippen molar-refractivity contribution in [3.05, 3.63) is 12.3 Å². The monoisotopic (exact) mass is 268 g/mol. The van der Waals surface area contributed by atoms with E-state index in [9.17, 15) is 0 Å². The molecule has 0 aromatic heterocycles. The maximum Gasteiger partial charge on any atom is 0.116 e. The molecule has 1 rings (SSSR count). The van der Waals surface area contributed by atoms with Gasteiger partial charge in [0, 0.05) is 0 Å². The zero-order valence-corrected chi connectivity index (χ0v) is 12.9. The Hall–Kier alpha value is -0.500. The van der Waals surface area contributed by atoms with Crippen LogP contribution >= 0.6 is 0 Å². The predicted octanol–water partition coefficient (Wildman–Crippen LogP) is 5.08. The first-order valence-corrected chi connectivity index (χ1v) is 8.17. The lowest BCUT2D eigenvalue weighted by molar-refractivity contribution is 0.211. The molecule has 0 saturated carbocycles. The average molecular weight is 268 g/mol. The van der Waals surface area contributed by atoms with Gasteiger partial charge in [0.1, 0.15) is 12.7 Å². The predicted molar refractivity (Wildman–Crippen MR) is 81.2 cm³/mol. The first-order chi connectivity index (χ1) is 9.29. The van der Waals surface area contributed by atoms with E-state index in [1.54, 1.807) is 0 Å². The molecule has 1 unspecified atom stereocenters. The molecular formula is C17H32O2. The van der Waals surface area contributed by atoms with Crippen molar-refractivity contribution in [3.63, 3.8) is 0 Å². The second-order valence-electron chi connectivity index (χ2n) is 6.11. The van der Waals surface area contributed by atoms with E-state index < -0.39 is 0 Å². The topological polar surface area (TPSA) is 21.8 Å². The van der Waals surface area contributed by atoms with Crippen molar-refractivity contribution in [1.82, 2.24) is 0 Å². The van der Waals surface area contributed by atoms with Crippen molar-refractivity contribution in [2.75, 3.05) is 13.2 Å². The van der Waals surface area contributed by atoms with Crippen molar-refractivity contribution in [3.8, 4) is 0 Å². The van der Waals surface area contributed by atoms with Crippen LogP contribution in [-0.4, -0.2) is 19.3 Å². The van der Waals surface area contributed by atoms with Crippen LogP contribution in [-0.2, 0) is 9.47 Å². The Morgan fingerprint density at radius 2 is 1.68 bits per heavy atom. The molecule has 1 aliphatic heterocycles. The van der Waals surface area contributed by atoms with Gasteiger partial charge in [0.15, 0.2) is 0 Å². The highest BCUT2D eigenvalue weighted by atomic mass is 16.6. The summed E-state index contributed by atoms with van der Waals surface area (Å²) >= 11 is 0. The van der Waals surface area contributed by atoms with E-state index in [1.165, 1.54) is 51.4 Å². The molecule has 0 aromatic rings. The van der Waals surface area contributed by atoms with Crippen LogP contribution in [0.4, 0.5) is 0 Å². The fraction of sp³-hybridized carbons (Fsp3) is 0.882. The van der Waals surface area contributed by atoms with Gasteiger partial charge in [0.25, 0.3) is 0 Å². The van der Waals surface area contributed by atoms with E-state index in [0.717, 1.165) is 25.6 Å². The number of hydrogen-bond acceptors (Lipinski definition) is 2. The second-order valence-corrected chi connectivity index (χ2v) is 6.11. The summed E-state index contributed by atoms with van der Waals surface area (Å²) in [6, 6.07) is 0. The third-order valence-electron chi connectivity index (χ3n) is 3.53. The molecule has 1 saturated heterocycles. The molecule has 112 valence electrons. The molecule has 1 atom stereocenters. The Labute approximate surface area is 119 Å². The molecule has 0 amide bonds. The Morgan fingerprint density at radius 3 is 2.32 bits per heavy atom. The highest BCUT2D eigenvalue weighted by molar-refractivity contribution is 4.75. The molecule has 2 heteroatoms. The van der Waals surface area contributed by atoms with Crippen molar-refractivity contribution < 1.29 is 9.47 Å². The molecule has 0 N–H and O–H groups in total. The van der Waals surface area contributed by atoms with Crippen molar-refractivity contribution in [2.24, 2.45) is 5.92 Å². The smallest absolute Gasteiger partial charge is 0.116 e. The molecule has 1 fully saturated rings. The van der Waals surface area contributed by atoms with E-state index in [1.807, 2.05) is 6.26 Å². The van der Waals surface area contributed by atoms with Gasteiger partial charge >= 0.3 is 0 Å². The first kappa shape index (κ1) is 16.6. The summed E-state index contributed by atoms with van der Waals surface area (Å²) < 4.78 is 10.4. The SMILES string of the molecule is CC(C)CCCCCCCCCC=COCC1CO1. The van der Waals surface area contributed by atoms with E-state index in [0.29, 0.717) is 6.10 Å². The number of allylic oxidation sites excluding steroid dienone is 1. The standard InChI is InChI=1S/C17H32O2/c1-16(2)12-10-8-6-4-3-5-7-9-11-13-18-14-17-15-19-17/h11,13,16-17H,3-10,12,14-15H2,1-2H3. The molecule has 0 radical (unpaired) electrons. The lowest BCUT2D eigenvalue weighted by atomic mass is 10.0. The second kappa shape index (κ2) is 11.3. The Balaban J connectivity index is 1.68. The van der Waals surface area contributed by atoms with Gasteiger partial charge < -0.3 is 9.47 Å². The Kier molecular flexibility index (Phi) is 9.88. The van der Waals surface area contributed by atoms with Gasteiger partial charge in [-0.25, -0.2) is 0 Å². The summed E-state index contributed by atoms with van der Waals surface area (Å²) in [4.78, 5) is 0. The summed E-state index contributed by atoms with van der Waals surface area (Å²) in [5.41, 5.74) is 0. The van der Waals surface area contributed by atoms with Crippen LogP contribution in [0.15, 0.2) is 12.3 Å². The fourth-order valence-electron chi connectivity index (χ4n) is 2.16. The molecule has 0 spiro atoms. The van der Waals surface area contributed by atoms with Gasteiger partial charge in [-0.1, -0.05) is 58.8 Å². The minimum Gasteiger partial charge on any atom is -0.499 e. The van der Waals surface area contributed by atoms with Crippen molar-refractivity contribution in [1.29, 1.82) is 0 Å². The summed E-state index contributed by atoms with van der Waals surface area (Å²) in [5, 5.41) is 0. The molecule has 0 aromatic carbocycles. The van der Waals surface area contributed by atoms with Crippen molar-refractivity contribution in [2.45, 2.75) is 77.7 Å². The largest absolute Gasteiger partial charge is 0.499 e. The minimum atomic E-state index is 0.375. The van der Waals surface area contributed by atoms with E-state index >= 15 is 0 Å². The zero-order chi connectivity index (χ0) is 13.8. The van der Waals surface area contributed by atoms with Crippen LogP contribution in [0, 0.1) is 5.92 Å². The molecule has 0 aliphatic carbocycles. The highest BCUT2D eigenvalue weighted by Gasteiger charge is 2.22. The van der Waals surface area contributed by atoms with Crippen LogP contribution in [0.25, 0.3) is 0 Å². The number of unbranched alkanes of at least 4 members (excludes halogenated alkanes) is 7. The molecule has 0 bridgehead atoms. The van der Waals surface area contributed by atoms with Gasteiger partial charge in [-0.15, -0.1) is 0 Å². The molecule has 1 aliphatic rings. The summed E-state index contributed by atoms with van der Waals surface area (Å²) in [7, 11) is 0. The van der Waals surface area contributed by atoms with E-state index in [-0.39, 0.29) is 0 Å². The van der Waals surface area contributed by atoms with Crippen LogP contribution < -0.4 is 0 Å². The summed E-state index contributed by atoms with van der Waals surface area (Å²) in [6.07, 6.45) is 16.6. The lowest BCUT2D eigenvalue weighted by Gasteiger charge is -2.04. The Morgan fingerprint density at radius 1 is 1.05 bits per heavy atom. The third-order valence-corrected chi connectivity index (χ3v) is 3.53. The van der Waals surface area contributed by atoms with Gasteiger partial charge in [-0.05, 0) is 24.8 Å². The van der Waals surface area contributed by atoms with Crippen LogP contribution in [0.1, 0.15) is 71.6 Å². The molecule has 2 nitrogen and oxygen atoms in total. The van der Waals surface area contributed by atoms with Gasteiger partial charge in [0.2, 0.25) is 0 Å². The van der Waals surface area contributed by atoms with Crippen LogP contribution in [0.2, 0.25) is 0 Å². The van der Waals surface area contributed by atoms with Crippen molar-refractivity contribution >= 4 is 0 Å². The highest BCUT2D eigenvalue weighted by Crippen LogP contribution is 2.13. The zero-order valence-electron chi connectivity index (χ0n) is 12.9. The number of rotatable bonds is 13. The number of ether oxygens (including phenoxy) is 2. The first-order valence-electron chi connectivity index (χ1n) is 8.17. The summed E-state index contributed by atoms with van der Waals surface area (Å²) in [5.74, 6) is 0.875. The lowest BCUT2D eigenvalue weighted by Crippen LogP contribution is -1.94. The fourth-order valence-corrected chi connectivity index (χ4v) is 2.16. The third kappa shape index (κ3) is 12.3. The van der Waals surface area contributed by atoms with Gasteiger partial charge in [-0.3, -0.25) is 0 Å². The van der Waals surface area contributed by atoms with E-state index in [4.69, 9.17) is 9.47 Å². The normalized spacial score (nSPS) is 18.4. The van der Waals surface area contributed by atoms with E-state index in [2.05, 4.69) is 19.9 Å². The minimum absolute atomic E-state index is 0.375. The molecule has 19 heavy (non-hydrogen) atoms. The van der Waals surface area contributed by atoms with Gasteiger partial charge in [0.05, 0.1) is 12.9 Å². The van der Waals surface area contributed by atoms with Crippen LogP contribution in [0.3, 0.4) is 0 Å². The number of epoxide rings is 1. The quantitative estimate of drug-likeness (QED) is 0.264. The van der Waals surface area contributed by atoms with Crippen LogP contribution in [0.5, 0.6) is 0 Å².